The van der Waals surface area contributed by atoms with Crippen molar-refractivity contribution < 1.29 is 17.6 Å². The molecule has 0 spiro atoms. The first-order valence-electron chi connectivity index (χ1n) is 10.4. The van der Waals surface area contributed by atoms with Gasteiger partial charge in [0.2, 0.25) is 11.7 Å². The molecule has 0 aliphatic carbocycles. The molecular formula is C23H20N6O4S. The predicted octanol–water partition coefficient (Wildman–Crippen LogP) is 2.35. The molecule has 5 rings (SSSR count). The smallest absolute Gasteiger partial charge is 0.287 e. The summed E-state index contributed by atoms with van der Waals surface area (Å²) in [5.74, 6) is -0.875. The van der Waals surface area contributed by atoms with Crippen LogP contribution in [0.15, 0.2) is 87.7 Å². The number of amides is 1. The number of carbonyl (C=O) groups is 1. The van der Waals surface area contributed by atoms with Gasteiger partial charge in [-0.2, -0.15) is 5.10 Å². The van der Waals surface area contributed by atoms with Crippen molar-refractivity contribution >= 4 is 27.5 Å². The van der Waals surface area contributed by atoms with Gasteiger partial charge in [0.25, 0.3) is 15.9 Å². The molecular weight excluding hydrogens is 456 g/mol. The summed E-state index contributed by atoms with van der Waals surface area (Å²) in [6.07, 6.45) is 6.42. The molecule has 4 aromatic rings. The van der Waals surface area contributed by atoms with Crippen molar-refractivity contribution in [3.05, 3.63) is 84.8 Å². The first kappa shape index (κ1) is 21.6. The van der Waals surface area contributed by atoms with E-state index < -0.39 is 15.9 Å². The number of oxazole rings is 1. The average molecular weight is 477 g/mol. The summed E-state index contributed by atoms with van der Waals surface area (Å²) >= 11 is 0. The number of rotatable bonds is 6. The lowest BCUT2D eigenvalue weighted by atomic mass is 9.99. The Kier molecular flexibility index (Phi) is 5.46. The van der Waals surface area contributed by atoms with Crippen LogP contribution in [0.25, 0.3) is 11.1 Å². The van der Waals surface area contributed by atoms with Crippen molar-refractivity contribution in [3.63, 3.8) is 0 Å². The normalized spacial score (nSPS) is 15.0. The van der Waals surface area contributed by atoms with Crippen LogP contribution in [-0.2, 0) is 21.9 Å². The molecule has 1 atom stereocenters. The number of benzene rings is 2. The fourth-order valence-corrected chi connectivity index (χ4v) is 4.89. The second-order valence-electron chi connectivity index (χ2n) is 7.69. The molecule has 2 aromatic heterocycles. The molecule has 11 heteroatoms. The lowest BCUT2D eigenvalue weighted by molar-refractivity contribution is -0.115. The largest absolute Gasteiger partial charge is 0.448 e. The van der Waals surface area contributed by atoms with Gasteiger partial charge in [0.1, 0.15) is 11.2 Å². The van der Waals surface area contributed by atoms with E-state index in [-0.39, 0.29) is 28.9 Å². The van der Waals surface area contributed by atoms with E-state index in [2.05, 4.69) is 25.1 Å². The van der Waals surface area contributed by atoms with Gasteiger partial charge in [0.15, 0.2) is 0 Å². The average Bonchev–Trinajstić information content (AvgIpc) is 3.51. The van der Waals surface area contributed by atoms with Crippen LogP contribution in [0.1, 0.15) is 17.4 Å². The van der Waals surface area contributed by atoms with Gasteiger partial charge in [0.05, 0.1) is 24.0 Å². The summed E-state index contributed by atoms with van der Waals surface area (Å²) in [7, 11) is -2.22. The summed E-state index contributed by atoms with van der Waals surface area (Å²) in [5.41, 5.74) is 2.53. The minimum Gasteiger partial charge on any atom is -0.448 e. The van der Waals surface area contributed by atoms with Crippen molar-refractivity contribution in [3.8, 4) is 11.1 Å². The molecule has 3 heterocycles. The second-order valence-corrected chi connectivity index (χ2v) is 9.35. The Labute approximate surface area is 195 Å². The minimum absolute atomic E-state index is 0.00708. The second kappa shape index (κ2) is 8.60. The standard InChI is InChI=1S/C23H20N6O4S/c1-29-14-17(12-26-29)16-7-8-19-20(11-16)34(31,32)28-21(27-19)22(30)25-13-18(23-24-9-10-33-23)15-5-3-2-4-6-15/h2-12,14,18H,13H2,1H3,(H,25,30)(H,27,28). The van der Waals surface area contributed by atoms with E-state index >= 15 is 0 Å². The Morgan fingerprint density at radius 1 is 1.18 bits per heavy atom. The van der Waals surface area contributed by atoms with Crippen LogP contribution < -0.4 is 10.0 Å². The Bertz CT molecular complexity index is 1480. The summed E-state index contributed by atoms with van der Waals surface area (Å²) in [4.78, 5) is 21.3. The zero-order chi connectivity index (χ0) is 23.7. The van der Waals surface area contributed by atoms with Crippen LogP contribution in [0.3, 0.4) is 0 Å². The lowest BCUT2D eigenvalue weighted by Crippen LogP contribution is -2.45. The highest BCUT2D eigenvalue weighted by molar-refractivity contribution is 7.90. The van der Waals surface area contributed by atoms with Crippen LogP contribution in [0.4, 0.5) is 5.69 Å². The SMILES string of the molecule is Cn1cc(-c2ccc3c(c2)S(=O)(=O)NC(C(=O)NCC(c2ccccc2)c2ncco2)=N3)cn1. The van der Waals surface area contributed by atoms with Gasteiger partial charge >= 0.3 is 0 Å². The molecule has 172 valence electrons. The maximum absolute atomic E-state index is 12.9. The topological polar surface area (TPSA) is 131 Å². The third-order valence-electron chi connectivity index (χ3n) is 5.38. The van der Waals surface area contributed by atoms with Gasteiger partial charge < -0.3 is 9.73 Å². The van der Waals surface area contributed by atoms with E-state index in [0.717, 1.165) is 11.1 Å². The van der Waals surface area contributed by atoms with Crippen molar-refractivity contribution in [1.29, 1.82) is 0 Å². The summed E-state index contributed by atoms with van der Waals surface area (Å²) in [6.45, 7) is 0.136. The van der Waals surface area contributed by atoms with E-state index in [1.807, 2.05) is 30.3 Å². The predicted molar refractivity (Wildman–Crippen MR) is 124 cm³/mol. The number of aryl methyl sites for hydroxylation is 1. The number of carbonyl (C=O) groups excluding carboxylic acids is 1. The fraction of sp³-hybridized carbons (Fsp3) is 0.130. The van der Waals surface area contributed by atoms with Crippen LogP contribution in [-0.4, -0.2) is 41.5 Å². The molecule has 0 saturated heterocycles. The van der Waals surface area contributed by atoms with Crippen LogP contribution >= 0.6 is 0 Å². The molecule has 2 N–H and O–H groups in total. The van der Waals surface area contributed by atoms with E-state index in [9.17, 15) is 13.2 Å². The van der Waals surface area contributed by atoms with Gasteiger partial charge in [-0.05, 0) is 23.3 Å². The van der Waals surface area contributed by atoms with Crippen molar-refractivity contribution in [2.24, 2.45) is 12.0 Å². The van der Waals surface area contributed by atoms with Crippen molar-refractivity contribution in [2.75, 3.05) is 6.54 Å². The lowest BCUT2D eigenvalue weighted by Gasteiger charge is -2.19. The summed E-state index contributed by atoms with van der Waals surface area (Å²) < 4.78 is 35.2. The van der Waals surface area contributed by atoms with Crippen LogP contribution in [0.5, 0.6) is 0 Å². The Morgan fingerprint density at radius 3 is 2.71 bits per heavy atom. The maximum Gasteiger partial charge on any atom is 0.287 e. The number of sulfonamides is 1. The maximum atomic E-state index is 12.9. The number of nitrogens with zero attached hydrogens (tertiary/aromatic N) is 4. The monoisotopic (exact) mass is 476 g/mol. The molecule has 2 aromatic carbocycles. The molecule has 0 fully saturated rings. The van der Waals surface area contributed by atoms with E-state index in [1.165, 1.54) is 18.5 Å². The minimum atomic E-state index is -3.99. The highest BCUT2D eigenvalue weighted by Gasteiger charge is 2.30. The van der Waals surface area contributed by atoms with Gasteiger partial charge in [0, 0.05) is 25.4 Å². The number of nitrogens with one attached hydrogen (secondary N) is 2. The molecule has 34 heavy (non-hydrogen) atoms. The number of fused-ring (bicyclic) bond motifs is 1. The molecule has 1 aliphatic rings. The van der Waals surface area contributed by atoms with Gasteiger partial charge in [-0.25, -0.2) is 18.4 Å². The van der Waals surface area contributed by atoms with Crippen molar-refractivity contribution in [1.82, 2.24) is 24.8 Å². The molecule has 0 bridgehead atoms. The van der Waals surface area contributed by atoms with Crippen LogP contribution in [0.2, 0.25) is 0 Å². The molecule has 1 amide bonds. The first-order valence-corrected chi connectivity index (χ1v) is 11.9. The summed E-state index contributed by atoms with van der Waals surface area (Å²) in [5, 5.41) is 6.85. The Balaban J connectivity index is 1.39. The fourth-order valence-electron chi connectivity index (χ4n) is 3.71. The summed E-state index contributed by atoms with van der Waals surface area (Å²) in [6, 6.07) is 14.3. The van der Waals surface area contributed by atoms with Gasteiger partial charge in [-0.1, -0.05) is 36.4 Å². The molecule has 0 saturated carbocycles. The van der Waals surface area contributed by atoms with Gasteiger partial charge in [-0.15, -0.1) is 0 Å². The number of hydrogen-bond donors (Lipinski definition) is 2. The molecule has 0 radical (unpaired) electrons. The Morgan fingerprint density at radius 2 is 2.00 bits per heavy atom. The molecule has 10 nitrogen and oxygen atoms in total. The number of amidine groups is 1. The van der Waals surface area contributed by atoms with Crippen LogP contribution in [0, 0.1) is 0 Å². The third kappa shape index (κ3) is 4.20. The molecule has 1 unspecified atom stereocenters. The zero-order valence-electron chi connectivity index (χ0n) is 18.0. The van der Waals surface area contributed by atoms with E-state index in [4.69, 9.17) is 4.42 Å². The number of aliphatic imine (C=N–C) groups is 1. The third-order valence-corrected chi connectivity index (χ3v) is 6.75. The van der Waals surface area contributed by atoms with Gasteiger partial charge in [-0.3, -0.25) is 14.2 Å². The number of aromatic nitrogens is 3. The number of hydrogen-bond acceptors (Lipinski definition) is 7. The zero-order valence-corrected chi connectivity index (χ0v) is 18.9. The first-order chi connectivity index (χ1) is 16.4. The molecule has 1 aliphatic heterocycles. The van der Waals surface area contributed by atoms with E-state index in [0.29, 0.717) is 11.5 Å². The van der Waals surface area contributed by atoms with Crippen molar-refractivity contribution in [2.45, 2.75) is 10.8 Å². The van der Waals surface area contributed by atoms with E-state index in [1.54, 1.807) is 36.3 Å². The highest BCUT2D eigenvalue weighted by atomic mass is 32.2. The Hall–Kier alpha value is -4.25. The highest BCUT2D eigenvalue weighted by Crippen LogP contribution is 2.32. The quantitative estimate of drug-likeness (QED) is 0.439.